The molecular formula is C15H15NO8. The van der Waals surface area contributed by atoms with Crippen molar-refractivity contribution >= 4 is 22.8 Å². The minimum atomic E-state index is -1.85. The number of H-pyrrole nitrogens is 1. The molecule has 1 aromatic carbocycles. The first-order valence-electron chi connectivity index (χ1n) is 7.09. The van der Waals surface area contributed by atoms with Gasteiger partial charge in [-0.05, 0) is 6.07 Å². The summed E-state index contributed by atoms with van der Waals surface area (Å²) >= 11 is 0. The number of esters is 1. The van der Waals surface area contributed by atoms with Gasteiger partial charge in [0.15, 0.2) is 6.10 Å². The molecule has 0 saturated carbocycles. The highest BCUT2D eigenvalue weighted by atomic mass is 16.7. The van der Waals surface area contributed by atoms with Gasteiger partial charge in [-0.25, -0.2) is 9.59 Å². The Morgan fingerprint density at radius 3 is 2.50 bits per heavy atom. The highest BCUT2D eigenvalue weighted by Crippen LogP contribution is 2.25. The number of carbonyl (C=O) groups is 2. The molecule has 0 amide bonds. The predicted octanol–water partition coefficient (Wildman–Crippen LogP) is -0.783. The van der Waals surface area contributed by atoms with E-state index in [1.807, 2.05) is 0 Å². The van der Waals surface area contributed by atoms with E-state index in [4.69, 9.17) is 14.6 Å². The molecule has 9 heteroatoms. The van der Waals surface area contributed by atoms with Crippen LogP contribution in [0.3, 0.4) is 0 Å². The minimum absolute atomic E-state index is 0.161. The zero-order valence-corrected chi connectivity index (χ0v) is 12.2. The SMILES string of the molecule is O=C(O[C@@H]1O[C@H](C(=O)O)[C@@H](O)[C@H](O)[C@H]1O)c1c[nH]c2ccccc12. The van der Waals surface area contributed by atoms with Crippen LogP contribution in [0, 0.1) is 0 Å². The lowest BCUT2D eigenvalue weighted by Gasteiger charge is -2.37. The zero-order chi connectivity index (χ0) is 17.4. The summed E-state index contributed by atoms with van der Waals surface area (Å²) in [4.78, 5) is 26.2. The second-order valence-electron chi connectivity index (χ2n) is 5.39. The van der Waals surface area contributed by atoms with Gasteiger partial charge >= 0.3 is 11.9 Å². The van der Waals surface area contributed by atoms with E-state index in [0.717, 1.165) is 0 Å². The molecule has 0 spiro atoms. The number of rotatable bonds is 3. The third-order valence-electron chi connectivity index (χ3n) is 3.85. The summed E-state index contributed by atoms with van der Waals surface area (Å²) in [6.07, 6.45) is -7.62. The third-order valence-corrected chi connectivity index (χ3v) is 3.85. The number of hydrogen-bond donors (Lipinski definition) is 5. The van der Waals surface area contributed by atoms with Crippen LogP contribution in [0.4, 0.5) is 0 Å². The molecule has 5 atom stereocenters. The summed E-state index contributed by atoms with van der Waals surface area (Å²) in [5, 5.41) is 38.7. The van der Waals surface area contributed by atoms with Crippen LogP contribution in [-0.4, -0.2) is 68.1 Å². The van der Waals surface area contributed by atoms with E-state index in [1.165, 1.54) is 6.20 Å². The number of aromatic amines is 1. The van der Waals surface area contributed by atoms with Crippen LogP contribution in [0.25, 0.3) is 10.9 Å². The smallest absolute Gasteiger partial charge is 0.342 e. The molecule has 0 radical (unpaired) electrons. The van der Waals surface area contributed by atoms with Crippen LogP contribution in [-0.2, 0) is 14.3 Å². The van der Waals surface area contributed by atoms with Gasteiger partial charge in [-0.1, -0.05) is 18.2 Å². The van der Waals surface area contributed by atoms with Gasteiger partial charge in [-0.2, -0.15) is 0 Å². The van der Waals surface area contributed by atoms with E-state index in [2.05, 4.69) is 4.98 Å². The molecule has 24 heavy (non-hydrogen) atoms. The molecule has 1 fully saturated rings. The van der Waals surface area contributed by atoms with E-state index < -0.39 is 42.6 Å². The Morgan fingerprint density at radius 1 is 1.08 bits per heavy atom. The molecule has 128 valence electrons. The van der Waals surface area contributed by atoms with Gasteiger partial charge < -0.3 is 34.9 Å². The third kappa shape index (κ3) is 2.74. The Bertz CT molecular complexity index is 772. The van der Waals surface area contributed by atoms with Crippen molar-refractivity contribution in [3.8, 4) is 0 Å². The van der Waals surface area contributed by atoms with Crippen molar-refractivity contribution in [1.29, 1.82) is 0 Å². The lowest BCUT2D eigenvalue weighted by molar-refractivity contribution is -0.278. The number of nitrogens with one attached hydrogen (secondary N) is 1. The largest absolute Gasteiger partial charge is 0.479 e. The zero-order valence-electron chi connectivity index (χ0n) is 12.2. The quantitative estimate of drug-likeness (QED) is 0.458. The Labute approximate surface area is 135 Å². The topological polar surface area (TPSA) is 149 Å². The molecule has 1 aliphatic heterocycles. The van der Waals surface area contributed by atoms with Crippen LogP contribution in [0.2, 0.25) is 0 Å². The van der Waals surface area contributed by atoms with Crippen molar-refractivity contribution < 1.29 is 39.5 Å². The number of aliphatic hydroxyl groups is 3. The van der Waals surface area contributed by atoms with Crippen molar-refractivity contribution in [3.05, 3.63) is 36.0 Å². The lowest BCUT2D eigenvalue weighted by atomic mass is 9.99. The van der Waals surface area contributed by atoms with Crippen molar-refractivity contribution in [2.75, 3.05) is 0 Å². The van der Waals surface area contributed by atoms with Gasteiger partial charge in [-0.3, -0.25) is 0 Å². The van der Waals surface area contributed by atoms with Gasteiger partial charge in [0, 0.05) is 17.1 Å². The van der Waals surface area contributed by atoms with Crippen LogP contribution in [0.15, 0.2) is 30.5 Å². The molecule has 1 aliphatic rings. The van der Waals surface area contributed by atoms with Gasteiger partial charge in [0.25, 0.3) is 0 Å². The molecule has 0 bridgehead atoms. The minimum Gasteiger partial charge on any atom is -0.479 e. The van der Waals surface area contributed by atoms with E-state index in [1.54, 1.807) is 24.3 Å². The summed E-state index contributed by atoms with van der Waals surface area (Å²) in [5.74, 6) is -2.43. The molecule has 0 aliphatic carbocycles. The molecule has 2 heterocycles. The first kappa shape index (κ1) is 16.4. The van der Waals surface area contributed by atoms with E-state index >= 15 is 0 Å². The number of carboxylic acids is 1. The second kappa shape index (κ2) is 6.21. The molecule has 9 nitrogen and oxygen atoms in total. The maximum atomic E-state index is 12.3. The van der Waals surface area contributed by atoms with E-state index in [-0.39, 0.29) is 5.56 Å². The number of aromatic nitrogens is 1. The number of carboxylic acid groups (broad SMARTS) is 1. The number of aliphatic carboxylic acids is 1. The Hall–Kier alpha value is -2.46. The molecular weight excluding hydrogens is 322 g/mol. The Balaban J connectivity index is 1.81. The van der Waals surface area contributed by atoms with Crippen LogP contribution < -0.4 is 0 Å². The standard InChI is InChI=1S/C15H15NO8/c17-9-10(18)12(13(20)21)23-15(11(9)19)24-14(22)7-5-16-8-4-2-1-3-6(7)8/h1-5,9-12,15-19H,(H,20,21)/t9-,10-,11+,12-,15-/m0/s1. The monoisotopic (exact) mass is 337 g/mol. The van der Waals surface area contributed by atoms with Crippen LogP contribution >= 0.6 is 0 Å². The Morgan fingerprint density at radius 2 is 1.79 bits per heavy atom. The number of ether oxygens (including phenoxy) is 2. The van der Waals surface area contributed by atoms with E-state index in [0.29, 0.717) is 10.9 Å². The average molecular weight is 337 g/mol. The fourth-order valence-corrected chi connectivity index (χ4v) is 2.56. The molecule has 1 aromatic heterocycles. The highest BCUT2D eigenvalue weighted by molar-refractivity contribution is 6.04. The fraction of sp³-hybridized carbons (Fsp3) is 0.333. The van der Waals surface area contributed by atoms with Crippen molar-refractivity contribution in [2.24, 2.45) is 0 Å². The maximum Gasteiger partial charge on any atom is 0.342 e. The summed E-state index contributed by atoms with van der Waals surface area (Å²) in [5.41, 5.74) is 0.849. The first-order valence-corrected chi connectivity index (χ1v) is 7.09. The number of para-hydroxylation sites is 1. The van der Waals surface area contributed by atoms with E-state index in [9.17, 15) is 24.9 Å². The van der Waals surface area contributed by atoms with Crippen molar-refractivity contribution in [3.63, 3.8) is 0 Å². The molecule has 5 N–H and O–H groups in total. The predicted molar refractivity (Wildman–Crippen MR) is 78.0 cm³/mol. The van der Waals surface area contributed by atoms with Crippen molar-refractivity contribution in [2.45, 2.75) is 30.7 Å². The summed E-state index contributed by atoms with van der Waals surface area (Å²) < 4.78 is 9.90. The molecule has 0 unspecified atom stereocenters. The molecule has 2 aromatic rings. The van der Waals surface area contributed by atoms with Crippen molar-refractivity contribution in [1.82, 2.24) is 4.98 Å². The van der Waals surface area contributed by atoms with Crippen LogP contribution in [0.5, 0.6) is 0 Å². The summed E-state index contributed by atoms with van der Waals surface area (Å²) in [6, 6.07) is 6.93. The fourth-order valence-electron chi connectivity index (χ4n) is 2.56. The van der Waals surface area contributed by atoms with Gasteiger partial charge in [0.1, 0.15) is 18.3 Å². The Kier molecular flexibility index (Phi) is 4.24. The normalized spacial score (nSPS) is 30.2. The van der Waals surface area contributed by atoms with Crippen LogP contribution in [0.1, 0.15) is 10.4 Å². The maximum absolute atomic E-state index is 12.3. The number of aliphatic hydroxyl groups excluding tert-OH is 3. The summed E-state index contributed by atoms with van der Waals surface area (Å²) in [6.45, 7) is 0. The average Bonchev–Trinajstić information content (AvgIpc) is 2.99. The number of hydrogen-bond acceptors (Lipinski definition) is 7. The first-order chi connectivity index (χ1) is 11.4. The van der Waals surface area contributed by atoms with Gasteiger partial charge in [-0.15, -0.1) is 0 Å². The highest BCUT2D eigenvalue weighted by Gasteiger charge is 2.48. The van der Waals surface area contributed by atoms with Gasteiger partial charge in [0.05, 0.1) is 5.56 Å². The second-order valence-corrected chi connectivity index (χ2v) is 5.39. The number of benzene rings is 1. The number of carbonyl (C=O) groups excluding carboxylic acids is 1. The lowest BCUT2D eigenvalue weighted by Crippen LogP contribution is -2.60. The molecule has 1 saturated heterocycles. The van der Waals surface area contributed by atoms with Gasteiger partial charge in [0.2, 0.25) is 6.29 Å². The molecule has 3 rings (SSSR count). The number of fused-ring (bicyclic) bond motifs is 1. The summed E-state index contributed by atoms with van der Waals surface area (Å²) in [7, 11) is 0.